The maximum atomic E-state index is 12.0. The number of carbonyl (C=O) groups is 3. The van der Waals surface area contributed by atoms with Crippen molar-refractivity contribution in [3.05, 3.63) is 18.7 Å². The summed E-state index contributed by atoms with van der Waals surface area (Å²) >= 11 is 2.99. The largest absolute Gasteiger partial charge is 0.480 e. The van der Waals surface area contributed by atoms with Crippen LogP contribution in [0.25, 0.3) is 0 Å². The number of aromatic nitrogens is 4. The molecule has 0 saturated carbocycles. The molecule has 2 aromatic rings. The molecule has 0 spiro atoms. The van der Waals surface area contributed by atoms with Crippen molar-refractivity contribution in [3.63, 3.8) is 0 Å². The van der Waals surface area contributed by atoms with E-state index < -0.39 is 5.91 Å². The van der Waals surface area contributed by atoms with E-state index in [1.54, 1.807) is 0 Å². The topological polar surface area (TPSA) is 227 Å². The van der Waals surface area contributed by atoms with E-state index >= 15 is 0 Å². The number of anilines is 3. The molecular weight excluding hydrogens is 769 g/mol. The van der Waals surface area contributed by atoms with Crippen LogP contribution in [-0.4, -0.2) is 159 Å². The van der Waals surface area contributed by atoms with Gasteiger partial charge in [-0.3, -0.25) is 14.5 Å². The Balaban J connectivity index is 0.879. The lowest BCUT2D eigenvalue weighted by atomic mass is 10.0. The molecule has 2 aromatic heterocycles. The van der Waals surface area contributed by atoms with Crippen molar-refractivity contribution in [2.24, 2.45) is 0 Å². The lowest BCUT2D eigenvalue weighted by Gasteiger charge is -2.34. The first-order valence-electron chi connectivity index (χ1n) is 18.6. The van der Waals surface area contributed by atoms with Crippen LogP contribution < -0.4 is 36.1 Å². The highest BCUT2D eigenvalue weighted by molar-refractivity contribution is 8.00. The van der Waals surface area contributed by atoms with Gasteiger partial charge in [0.2, 0.25) is 23.6 Å². The molecule has 0 aromatic carbocycles. The molecule has 5 heterocycles. The smallest absolute Gasteiger partial charge is 0.315 e. The molecule has 0 bridgehead atoms. The number of amides is 3. The second kappa shape index (κ2) is 22.6. The second-order valence-corrected chi connectivity index (χ2v) is 15.1. The van der Waals surface area contributed by atoms with Crippen LogP contribution in [0.5, 0.6) is 11.8 Å². The third kappa shape index (κ3) is 13.2. The maximum absolute atomic E-state index is 12.0. The van der Waals surface area contributed by atoms with E-state index in [9.17, 15) is 14.4 Å². The first-order valence-corrected chi connectivity index (χ1v) is 20.4. The first-order chi connectivity index (χ1) is 27.3. The number of nitrogen functional groups attached to an aromatic ring is 1. The molecule has 308 valence electrons. The summed E-state index contributed by atoms with van der Waals surface area (Å²) in [6.45, 7) is 10.1. The van der Waals surface area contributed by atoms with Gasteiger partial charge < -0.3 is 55.0 Å². The third-order valence-corrected chi connectivity index (χ3v) is 11.5. The highest BCUT2D eigenvalue weighted by Gasteiger charge is 2.42. The normalized spacial score (nSPS) is 19.2. The Kier molecular flexibility index (Phi) is 17.3. The third-order valence-electron chi connectivity index (χ3n) is 9.03. The zero-order valence-electron chi connectivity index (χ0n) is 31.9. The number of nitrogens with two attached hydrogens (primary N) is 1. The first kappa shape index (κ1) is 43.0. The number of nitrogens with one attached hydrogen (secondary N) is 3. The molecule has 3 atom stereocenters. The van der Waals surface area contributed by atoms with Gasteiger partial charge in [-0.25, -0.2) is 14.8 Å². The van der Waals surface area contributed by atoms with Crippen LogP contribution in [0.4, 0.5) is 22.4 Å². The Bertz CT molecular complexity index is 1600. The minimum absolute atomic E-state index is 0.0761. The number of methoxy groups -OCH3 is 2. The Morgan fingerprint density at radius 1 is 0.964 bits per heavy atom. The lowest BCUT2D eigenvalue weighted by Crippen LogP contribution is -2.48. The number of unbranched alkanes of at least 4 members (excludes halogenated alkanes) is 1. The van der Waals surface area contributed by atoms with Crippen molar-refractivity contribution >= 4 is 59.0 Å². The van der Waals surface area contributed by atoms with Gasteiger partial charge in [0.1, 0.15) is 23.1 Å². The highest BCUT2D eigenvalue weighted by Crippen LogP contribution is 2.40. The number of ether oxygens (including phenoxy) is 6. The van der Waals surface area contributed by atoms with Crippen LogP contribution in [-0.2, 0) is 28.5 Å². The van der Waals surface area contributed by atoms with Crippen LogP contribution in [0.15, 0.2) is 28.8 Å². The van der Waals surface area contributed by atoms with Crippen LogP contribution >= 0.6 is 23.5 Å². The van der Waals surface area contributed by atoms with Crippen LogP contribution in [0.1, 0.15) is 25.7 Å². The average molecular weight is 821 g/mol. The van der Waals surface area contributed by atoms with Crippen LogP contribution in [0, 0.1) is 0 Å². The Labute approximate surface area is 334 Å². The van der Waals surface area contributed by atoms with Crippen molar-refractivity contribution in [3.8, 4) is 11.8 Å². The molecular formula is C35H52N10O9S2. The quantitative estimate of drug-likeness (QED) is 0.0388. The highest BCUT2D eigenvalue weighted by atomic mass is 32.2. The number of thioether (sulfide) groups is 1. The number of urea groups is 1. The number of fused-ring (bicyclic) bond motifs is 1. The number of esters is 1. The molecule has 19 nitrogen and oxygen atoms in total. The number of hydrogen-bond donors (Lipinski definition) is 4. The van der Waals surface area contributed by atoms with E-state index in [-0.39, 0.29) is 47.5 Å². The van der Waals surface area contributed by atoms with E-state index in [0.29, 0.717) is 87.0 Å². The number of carbonyl (C=O) groups excluding carboxylic acids is 3. The van der Waals surface area contributed by atoms with Gasteiger partial charge in [-0.05, 0) is 30.7 Å². The molecule has 3 unspecified atom stereocenters. The van der Waals surface area contributed by atoms with E-state index in [2.05, 4.69) is 52.3 Å². The predicted octanol–water partition coefficient (Wildman–Crippen LogP) is 1.58. The fourth-order valence-electron chi connectivity index (χ4n) is 6.18. The molecule has 3 aliphatic heterocycles. The molecule has 3 fully saturated rings. The van der Waals surface area contributed by atoms with Crippen molar-refractivity contribution in [1.82, 2.24) is 35.5 Å². The summed E-state index contributed by atoms with van der Waals surface area (Å²) in [6.07, 6.45) is 4.19. The van der Waals surface area contributed by atoms with E-state index in [1.807, 2.05) is 11.8 Å². The van der Waals surface area contributed by atoms with Crippen molar-refractivity contribution in [2.45, 2.75) is 53.1 Å². The summed E-state index contributed by atoms with van der Waals surface area (Å²) in [6, 6.07) is 1.79. The molecule has 0 radical (unpaired) electrons. The summed E-state index contributed by atoms with van der Waals surface area (Å²) in [7, 11) is 3.02. The Hall–Kier alpha value is -4.15. The van der Waals surface area contributed by atoms with Crippen molar-refractivity contribution in [1.29, 1.82) is 0 Å². The van der Waals surface area contributed by atoms with E-state index in [0.717, 1.165) is 62.5 Å². The minimum atomic E-state index is -0.426. The molecule has 3 amide bonds. The Morgan fingerprint density at radius 2 is 1.64 bits per heavy atom. The van der Waals surface area contributed by atoms with Gasteiger partial charge in [0.25, 0.3) is 0 Å². The van der Waals surface area contributed by atoms with Gasteiger partial charge in [0.05, 0.1) is 65.9 Å². The molecule has 3 aliphatic rings. The zero-order chi connectivity index (χ0) is 39.7. The van der Waals surface area contributed by atoms with Crippen molar-refractivity contribution < 1.29 is 42.8 Å². The molecule has 5 N–H and O–H groups in total. The monoisotopic (exact) mass is 820 g/mol. The molecule has 3 saturated heterocycles. The van der Waals surface area contributed by atoms with E-state index in [4.69, 9.17) is 34.2 Å². The molecule has 0 aliphatic carbocycles. The van der Waals surface area contributed by atoms with Gasteiger partial charge in [-0.2, -0.15) is 21.7 Å². The summed E-state index contributed by atoms with van der Waals surface area (Å²) in [5.74, 6) is 1.76. The fourth-order valence-corrected chi connectivity index (χ4v) is 8.63. The van der Waals surface area contributed by atoms with E-state index in [1.165, 1.54) is 20.3 Å². The number of hydrogen-bond acceptors (Lipinski definition) is 18. The SMILES string of the molecule is C=CC(=O)Nc1cc(N)nc(Sc2c(OC)nc(N3CCN(CCOCCOCCOCCOC(=O)CCCCC4SCC5NC(=O)NC54)CC3)nc2OC)n1. The zero-order valence-corrected chi connectivity index (χ0v) is 33.5. The van der Waals surface area contributed by atoms with Gasteiger partial charge >= 0.3 is 12.0 Å². The van der Waals surface area contributed by atoms with Crippen molar-refractivity contribution in [2.75, 3.05) is 115 Å². The summed E-state index contributed by atoms with van der Waals surface area (Å²) in [4.78, 5) is 58.0. The maximum Gasteiger partial charge on any atom is 0.315 e. The number of piperazine rings is 1. The minimum Gasteiger partial charge on any atom is -0.480 e. The van der Waals surface area contributed by atoms with Gasteiger partial charge in [0, 0.05) is 56.2 Å². The number of rotatable bonds is 24. The molecule has 21 heteroatoms. The van der Waals surface area contributed by atoms with Crippen LogP contribution in [0.2, 0.25) is 0 Å². The van der Waals surface area contributed by atoms with Gasteiger partial charge in [0.15, 0.2) is 5.16 Å². The standard InChI is InChI=1S/C35H52N10O9S2/c1-4-27(46)39-26-21-25(36)38-35(40-26)56-30-31(49-2)42-33(43-32(30)50-3)45-11-9-44(10-12-45)13-14-51-15-16-52-17-18-53-19-20-54-28(47)8-6-5-7-24-29-23(22-55-24)37-34(48)41-29/h4,21,23-24,29H,1,5-20,22H2,2-3H3,(H2,37,41,48)(H3,36,38,39,40,46). The predicted molar refractivity (Wildman–Crippen MR) is 211 cm³/mol. The fraction of sp³-hybridized carbons (Fsp3) is 0.629. The Morgan fingerprint density at radius 3 is 2.32 bits per heavy atom. The van der Waals surface area contributed by atoms with Gasteiger partial charge in [-0.15, -0.1) is 0 Å². The van der Waals surface area contributed by atoms with Gasteiger partial charge in [-0.1, -0.05) is 13.0 Å². The number of nitrogens with zero attached hydrogens (tertiary/aromatic N) is 6. The summed E-state index contributed by atoms with van der Waals surface area (Å²) in [5.41, 5.74) is 5.94. The molecule has 56 heavy (non-hydrogen) atoms. The van der Waals surface area contributed by atoms with Crippen LogP contribution in [0.3, 0.4) is 0 Å². The summed E-state index contributed by atoms with van der Waals surface area (Å²) < 4.78 is 33.3. The lowest BCUT2D eigenvalue weighted by molar-refractivity contribution is -0.145. The molecule has 5 rings (SSSR count). The summed E-state index contributed by atoms with van der Waals surface area (Å²) in [5, 5.41) is 9.17. The second-order valence-electron chi connectivity index (χ2n) is 12.9. The average Bonchev–Trinajstić information content (AvgIpc) is 3.75.